The van der Waals surface area contributed by atoms with Gasteiger partial charge in [0.2, 0.25) is 11.8 Å². The summed E-state index contributed by atoms with van der Waals surface area (Å²) in [5, 5.41) is 2.24. The van der Waals surface area contributed by atoms with Crippen molar-refractivity contribution in [1.82, 2.24) is 24.9 Å². The lowest BCUT2D eigenvalue weighted by molar-refractivity contribution is -0.137. The summed E-state index contributed by atoms with van der Waals surface area (Å²) in [7, 11) is 0. The molecular weight excluding hydrogens is 607 g/mol. The van der Waals surface area contributed by atoms with E-state index in [4.69, 9.17) is 0 Å². The number of benzene rings is 3. The summed E-state index contributed by atoms with van der Waals surface area (Å²) >= 11 is 0. The second-order valence-electron chi connectivity index (χ2n) is 13.1. The summed E-state index contributed by atoms with van der Waals surface area (Å²) in [6, 6.07) is 21.8. The number of carbonyl (C=O) groups excluding carboxylic acids is 3. The first-order chi connectivity index (χ1) is 22.7. The van der Waals surface area contributed by atoms with Crippen LogP contribution in [-0.4, -0.2) is 94.6 Å². The van der Waals surface area contributed by atoms with Crippen molar-refractivity contribution in [3.8, 4) is 0 Å². The standard InChI is InChI=1S/C36H38F3N5O3/c37-28-20-24(19-27-22-44(35(47)32(27)28)29-11-12-31(45)40-34(29)46)21-41-14-13-30(36(38,39)23-41)42-15-17-43(18-16-42)33(25-7-3-1-4-8-25)26-9-5-2-6-10-26/h1-10,19-20,29-30,33H,11-18,21-23H2,(H,40,45,46). The molecular formula is C36H38F3N5O3. The molecule has 0 bridgehead atoms. The first kappa shape index (κ1) is 31.5. The average Bonchev–Trinajstić information content (AvgIpc) is 3.38. The van der Waals surface area contributed by atoms with Crippen molar-refractivity contribution in [2.45, 2.75) is 56.4 Å². The van der Waals surface area contributed by atoms with Gasteiger partial charge in [-0.05, 0) is 41.2 Å². The van der Waals surface area contributed by atoms with Crippen LogP contribution in [-0.2, 0) is 22.7 Å². The molecule has 8 nitrogen and oxygen atoms in total. The van der Waals surface area contributed by atoms with Crippen LogP contribution in [0, 0.1) is 5.82 Å². The molecule has 2 atom stereocenters. The molecule has 0 spiro atoms. The molecule has 0 saturated carbocycles. The van der Waals surface area contributed by atoms with Gasteiger partial charge in [-0.25, -0.2) is 13.2 Å². The third-order valence-corrected chi connectivity index (χ3v) is 10.1. The van der Waals surface area contributed by atoms with E-state index in [1.165, 1.54) is 22.1 Å². The maximum absolute atomic E-state index is 15.8. The Morgan fingerprint density at radius 2 is 1.51 bits per heavy atom. The number of likely N-dealkylation sites (tertiary alicyclic amines) is 1. The number of alkyl halides is 2. The lowest BCUT2D eigenvalue weighted by Gasteiger charge is -2.47. The van der Waals surface area contributed by atoms with Crippen LogP contribution in [0.5, 0.6) is 0 Å². The van der Waals surface area contributed by atoms with Crippen LogP contribution in [0.25, 0.3) is 0 Å². The lowest BCUT2D eigenvalue weighted by atomic mass is 9.95. The largest absolute Gasteiger partial charge is 0.322 e. The summed E-state index contributed by atoms with van der Waals surface area (Å²) in [6.07, 6.45) is 0.577. The Morgan fingerprint density at radius 3 is 2.13 bits per heavy atom. The number of halogens is 3. The molecule has 3 saturated heterocycles. The summed E-state index contributed by atoms with van der Waals surface area (Å²) in [5.41, 5.74) is 3.21. The highest BCUT2D eigenvalue weighted by Gasteiger charge is 2.48. The molecule has 3 fully saturated rings. The Morgan fingerprint density at radius 1 is 0.851 bits per heavy atom. The summed E-state index contributed by atoms with van der Waals surface area (Å²) in [4.78, 5) is 44.2. The third-order valence-electron chi connectivity index (χ3n) is 10.1. The molecule has 4 aliphatic rings. The highest BCUT2D eigenvalue weighted by Crippen LogP contribution is 2.36. The number of nitrogens with one attached hydrogen (secondary N) is 1. The number of amides is 3. The second kappa shape index (κ2) is 12.9. The van der Waals surface area contributed by atoms with Crippen molar-refractivity contribution in [3.63, 3.8) is 0 Å². The van der Waals surface area contributed by atoms with Gasteiger partial charge in [-0.3, -0.25) is 34.4 Å². The van der Waals surface area contributed by atoms with Crippen LogP contribution in [0.2, 0.25) is 0 Å². The fraction of sp³-hybridized carbons (Fsp3) is 0.417. The Kier molecular flexibility index (Phi) is 8.63. The molecule has 4 aliphatic heterocycles. The van der Waals surface area contributed by atoms with Gasteiger partial charge in [0.25, 0.3) is 11.8 Å². The van der Waals surface area contributed by atoms with Crippen LogP contribution in [0.4, 0.5) is 13.2 Å². The van der Waals surface area contributed by atoms with E-state index in [-0.39, 0.29) is 37.5 Å². The minimum absolute atomic E-state index is 0.0326. The topological polar surface area (TPSA) is 76.2 Å². The lowest BCUT2D eigenvalue weighted by Crippen LogP contribution is -2.61. The van der Waals surface area contributed by atoms with Gasteiger partial charge in [0.05, 0.1) is 24.2 Å². The zero-order chi connectivity index (χ0) is 32.7. The molecule has 7 rings (SSSR count). The average molecular weight is 646 g/mol. The number of imide groups is 1. The quantitative estimate of drug-likeness (QED) is 0.389. The Balaban J connectivity index is 0.983. The molecule has 0 radical (unpaired) electrons. The molecule has 47 heavy (non-hydrogen) atoms. The number of hydrogen-bond donors (Lipinski definition) is 1. The maximum Gasteiger partial charge on any atom is 0.275 e. The predicted octanol–water partition coefficient (Wildman–Crippen LogP) is 4.20. The fourth-order valence-corrected chi connectivity index (χ4v) is 7.85. The van der Waals surface area contributed by atoms with Crippen molar-refractivity contribution >= 4 is 17.7 Å². The van der Waals surface area contributed by atoms with Gasteiger partial charge in [0.1, 0.15) is 11.9 Å². The van der Waals surface area contributed by atoms with E-state index in [1.807, 2.05) is 41.3 Å². The molecule has 3 aromatic rings. The minimum atomic E-state index is -2.95. The molecule has 0 aromatic heterocycles. The fourth-order valence-electron chi connectivity index (χ4n) is 7.85. The smallest absolute Gasteiger partial charge is 0.275 e. The third kappa shape index (κ3) is 6.31. The number of piperidine rings is 2. The van der Waals surface area contributed by atoms with Crippen molar-refractivity contribution in [2.75, 3.05) is 39.3 Å². The maximum atomic E-state index is 15.8. The van der Waals surface area contributed by atoms with E-state index in [9.17, 15) is 14.4 Å². The van der Waals surface area contributed by atoms with Gasteiger partial charge in [-0.2, -0.15) is 0 Å². The minimum Gasteiger partial charge on any atom is -0.322 e. The summed E-state index contributed by atoms with van der Waals surface area (Å²) < 4.78 is 46.8. The van der Waals surface area contributed by atoms with Gasteiger partial charge in [-0.1, -0.05) is 66.7 Å². The molecule has 2 unspecified atom stereocenters. The number of hydrogen-bond acceptors (Lipinski definition) is 6. The van der Waals surface area contributed by atoms with E-state index in [2.05, 4.69) is 34.5 Å². The first-order valence-electron chi connectivity index (χ1n) is 16.3. The van der Waals surface area contributed by atoms with E-state index in [0.29, 0.717) is 50.3 Å². The van der Waals surface area contributed by atoms with Crippen LogP contribution < -0.4 is 5.32 Å². The van der Waals surface area contributed by atoms with Crippen molar-refractivity contribution in [1.29, 1.82) is 0 Å². The molecule has 3 aromatic carbocycles. The van der Waals surface area contributed by atoms with Gasteiger partial charge >= 0.3 is 0 Å². The van der Waals surface area contributed by atoms with Crippen LogP contribution in [0.1, 0.15) is 57.9 Å². The van der Waals surface area contributed by atoms with Crippen molar-refractivity contribution < 1.29 is 27.6 Å². The molecule has 0 aliphatic carbocycles. The molecule has 1 N–H and O–H groups in total. The monoisotopic (exact) mass is 645 g/mol. The second-order valence-corrected chi connectivity index (χ2v) is 13.1. The number of piperazine rings is 1. The molecule has 3 amide bonds. The van der Waals surface area contributed by atoms with E-state index in [1.54, 1.807) is 11.0 Å². The number of nitrogens with zero attached hydrogens (tertiary/aromatic N) is 4. The van der Waals surface area contributed by atoms with Gasteiger partial charge in [-0.15, -0.1) is 0 Å². The normalized spacial score (nSPS) is 24.1. The first-order valence-corrected chi connectivity index (χ1v) is 16.3. The van der Waals surface area contributed by atoms with Crippen LogP contribution >= 0.6 is 0 Å². The van der Waals surface area contributed by atoms with Crippen molar-refractivity contribution in [3.05, 3.63) is 106 Å². The molecule has 4 heterocycles. The highest BCUT2D eigenvalue weighted by atomic mass is 19.3. The number of carbonyl (C=O) groups is 3. The van der Waals surface area contributed by atoms with Crippen LogP contribution in [0.15, 0.2) is 72.8 Å². The molecule has 246 valence electrons. The Hall–Kier alpha value is -4.06. The Labute approximate surface area is 272 Å². The summed E-state index contributed by atoms with van der Waals surface area (Å²) in [6.45, 7) is 2.61. The van der Waals surface area contributed by atoms with Gasteiger partial charge in [0.15, 0.2) is 0 Å². The van der Waals surface area contributed by atoms with E-state index in [0.717, 1.165) is 0 Å². The number of fused-ring (bicyclic) bond motifs is 1. The van der Waals surface area contributed by atoms with Gasteiger partial charge < -0.3 is 4.90 Å². The Bertz CT molecular complexity index is 1610. The zero-order valence-electron chi connectivity index (χ0n) is 26.1. The number of rotatable bonds is 7. The van der Waals surface area contributed by atoms with Crippen molar-refractivity contribution in [2.24, 2.45) is 0 Å². The van der Waals surface area contributed by atoms with Crippen LogP contribution in [0.3, 0.4) is 0 Å². The molecule has 11 heteroatoms. The summed E-state index contributed by atoms with van der Waals surface area (Å²) in [5.74, 6) is -5.23. The highest BCUT2D eigenvalue weighted by molar-refractivity contribution is 6.05. The SMILES string of the molecule is O=C1CCC(N2Cc3cc(CN4CCC(N5CCN(C(c6ccccc6)c6ccccc6)CC5)C(F)(F)C4)cc(F)c3C2=O)C(=O)N1. The van der Waals surface area contributed by atoms with E-state index < -0.39 is 48.1 Å². The zero-order valence-corrected chi connectivity index (χ0v) is 26.1. The van der Waals surface area contributed by atoms with Gasteiger partial charge in [0, 0.05) is 52.2 Å². The van der Waals surface area contributed by atoms with E-state index >= 15 is 13.2 Å². The predicted molar refractivity (Wildman–Crippen MR) is 169 cm³/mol.